The summed E-state index contributed by atoms with van der Waals surface area (Å²) in [4.78, 5) is 10.8. The molecule has 0 radical (unpaired) electrons. The number of hydrogen-bond donors (Lipinski definition) is 0. The molecule has 0 aliphatic carbocycles. The van der Waals surface area contributed by atoms with Gasteiger partial charge in [-0.1, -0.05) is 30.3 Å². The molecule has 18 heavy (non-hydrogen) atoms. The monoisotopic (exact) mass is 239 g/mol. The Kier molecular flexibility index (Phi) is 3.49. The van der Waals surface area contributed by atoms with Crippen molar-refractivity contribution in [1.29, 1.82) is 5.26 Å². The van der Waals surface area contributed by atoms with Crippen molar-refractivity contribution in [2.24, 2.45) is 0 Å². The highest BCUT2D eigenvalue weighted by Crippen LogP contribution is 2.20. The van der Waals surface area contributed by atoms with Gasteiger partial charge in [-0.25, -0.2) is 4.39 Å². The lowest BCUT2D eigenvalue weighted by Gasteiger charge is -2.07. The molecule has 0 aliphatic rings. The van der Waals surface area contributed by atoms with Crippen molar-refractivity contribution in [2.45, 2.75) is 6.42 Å². The molecule has 0 atom stereocenters. The topological polar surface area (TPSA) is 40.9 Å². The predicted molar refractivity (Wildman–Crippen MR) is 65.8 cm³/mol. The van der Waals surface area contributed by atoms with Gasteiger partial charge in [0.1, 0.15) is 11.9 Å². The minimum Gasteiger partial charge on any atom is -0.298 e. The molecular formula is C15H10FNO. The molecule has 0 N–H and O–H groups in total. The first kappa shape index (κ1) is 12.0. The summed E-state index contributed by atoms with van der Waals surface area (Å²) in [5, 5.41) is 9.06. The van der Waals surface area contributed by atoms with E-state index in [2.05, 4.69) is 0 Å². The summed E-state index contributed by atoms with van der Waals surface area (Å²) in [5.41, 5.74) is 1.52. The number of carbonyl (C=O) groups is 1. The Hall–Kier alpha value is -2.47. The molecule has 0 bridgehead atoms. The van der Waals surface area contributed by atoms with Crippen LogP contribution in [0.5, 0.6) is 0 Å². The second kappa shape index (κ2) is 5.24. The molecule has 0 spiro atoms. The van der Waals surface area contributed by atoms with E-state index >= 15 is 0 Å². The molecule has 0 saturated carbocycles. The van der Waals surface area contributed by atoms with Crippen LogP contribution in [0.3, 0.4) is 0 Å². The molecule has 2 aromatic carbocycles. The lowest BCUT2D eigenvalue weighted by molar-refractivity contribution is 0.112. The average Bonchev–Trinajstić information content (AvgIpc) is 2.42. The fourth-order valence-electron chi connectivity index (χ4n) is 1.84. The van der Waals surface area contributed by atoms with Crippen LogP contribution in [-0.2, 0) is 6.42 Å². The van der Waals surface area contributed by atoms with Crippen LogP contribution in [0, 0.1) is 17.1 Å². The number of carbonyl (C=O) groups excluding carboxylic acids is 1. The summed E-state index contributed by atoms with van der Waals surface area (Å²) in [7, 11) is 0. The Morgan fingerprint density at radius 2 is 1.89 bits per heavy atom. The van der Waals surface area contributed by atoms with Crippen molar-refractivity contribution in [3.8, 4) is 6.07 Å². The minimum absolute atomic E-state index is 0.119. The highest BCUT2D eigenvalue weighted by molar-refractivity contribution is 5.80. The van der Waals surface area contributed by atoms with Gasteiger partial charge < -0.3 is 0 Å². The molecule has 0 aromatic heterocycles. The van der Waals surface area contributed by atoms with Crippen LogP contribution in [0.25, 0.3) is 0 Å². The Morgan fingerprint density at radius 1 is 1.17 bits per heavy atom. The minimum atomic E-state index is -0.457. The SMILES string of the molecule is N#Cc1c(C=O)ccc(F)c1Cc1ccccc1. The van der Waals surface area contributed by atoms with Crippen LogP contribution in [-0.4, -0.2) is 6.29 Å². The van der Waals surface area contributed by atoms with Gasteiger partial charge in [0.25, 0.3) is 0 Å². The highest BCUT2D eigenvalue weighted by atomic mass is 19.1. The molecule has 2 rings (SSSR count). The van der Waals surface area contributed by atoms with E-state index in [0.29, 0.717) is 12.7 Å². The molecule has 0 unspecified atom stereocenters. The zero-order chi connectivity index (χ0) is 13.0. The van der Waals surface area contributed by atoms with Gasteiger partial charge in [0.15, 0.2) is 6.29 Å². The fraction of sp³-hybridized carbons (Fsp3) is 0.0667. The van der Waals surface area contributed by atoms with Gasteiger partial charge in [-0.05, 0) is 17.7 Å². The average molecular weight is 239 g/mol. The van der Waals surface area contributed by atoms with E-state index in [1.807, 2.05) is 36.4 Å². The molecule has 0 saturated heterocycles. The largest absolute Gasteiger partial charge is 0.298 e. The zero-order valence-electron chi connectivity index (χ0n) is 9.56. The number of benzene rings is 2. The summed E-state index contributed by atoms with van der Waals surface area (Å²) in [5.74, 6) is -0.457. The number of aldehydes is 1. The quantitative estimate of drug-likeness (QED) is 0.772. The van der Waals surface area contributed by atoms with Gasteiger partial charge in [0.05, 0.1) is 5.56 Å². The summed E-state index contributed by atoms with van der Waals surface area (Å²) in [6.45, 7) is 0. The molecule has 88 valence electrons. The van der Waals surface area contributed by atoms with Crippen LogP contribution >= 0.6 is 0 Å². The van der Waals surface area contributed by atoms with E-state index < -0.39 is 5.82 Å². The van der Waals surface area contributed by atoms with Gasteiger partial charge in [-0.15, -0.1) is 0 Å². The number of nitriles is 1. The summed E-state index contributed by atoms with van der Waals surface area (Å²) in [6, 6.07) is 13.7. The van der Waals surface area contributed by atoms with Gasteiger partial charge in [-0.3, -0.25) is 4.79 Å². The van der Waals surface area contributed by atoms with Crippen molar-refractivity contribution >= 4 is 6.29 Å². The van der Waals surface area contributed by atoms with Gasteiger partial charge in [0, 0.05) is 17.5 Å². The normalized spacial score (nSPS) is 9.78. The van der Waals surface area contributed by atoms with Gasteiger partial charge >= 0.3 is 0 Å². The molecule has 3 heteroatoms. The van der Waals surface area contributed by atoms with Crippen LogP contribution < -0.4 is 0 Å². The first-order valence-electron chi connectivity index (χ1n) is 5.47. The van der Waals surface area contributed by atoms with E-state index in [-0.39, 0.29) is 16.7 Å². The fourth-order valence-corrected chi connectivity index (χ4v) is 1.84. The Labute approximate surface area is 104 Å². The number of hydrogen-bond acceptors (Lipinski definition) is 2. The zero-order valence-corrected chi connectivity index (χ0v) is 9.56. The highest BCUT2D eigenvalue weighted by Gasteiger charge is 2.13. The first-order chi connectivity index (χ1) is 8.76. The number of rotatable bonds is 3. The number of halogens is 1. The van der Waals surface area contributed by atoms with E-state index in [9.17, 15) is 9.18 Å². The molecule has 0 fully saturated rings. The van der Waals surface area contributed by atoms with Crippen molar-refractivity contribution in [1.82, 2.24) is 0 Å². The van der Waals surface area contributed by atoms with Gasteiger partial charge in [0.2, 0.25) is 0 Å². The van der Waals surface area contributed by atoms with Crippen molar-refractivity contribution in [2.75, 3.05) is 0 Å². The first-order valence-corrected chi connectivity index (χ1v) is 5.47. The lowest BCUT2D eigenvalue weighted by Crippen LogP contribution is -2.01. The Morgan fingerprint density at radius 3 is 2.50 bits per heavy atom. The third kappa shape index (κ3) is 2.28. The molecule has 0 aliphatic heterocycles. The summed E-state index contributed by atoms with van der Waals surface area (Å²) >= 11 is 0. The van der Waals surface area contributed by atoms with E-state index in [1.165, 1.54) is 12.1 Å². The van der Waals surface area contributed by atoms with Gasteiger partial charge in [-0.2, -0.15) is 5.26 Å². The van der Waals surface area contributed by atoms with Crippen molar-refractivity contribution < 1.29 is 9.18 Å². The van der Waals surface area contributed by atoms with E-state index in [0.717, 1.165) is 5.56 Å². The number of nitrogens with zero attached hydrogens (tertiary/aromatic N) is 1. The van der Waals surface area contributed by atoms with Crippen LogP contribution in [0.15, 0.2) is 42.5 Å². The third-order valence-electron chi connectivity index (χ3n) is 2.75. The summed E-state index contributed by atoms with van der Waals surface area (Å²) in [6.07, 6.45) is 0.879. The molecule has 2 nitrogen and oxygen atoms in total. The maximum Gasteiger partial charge on any atom is 0.151 e. The Balaban J connectivity index is 2.50. The standard InChI is InChI=1S/C15H10FNO/c16-15-7-6-12(10-18)14(9-17)13(15)8-11-4-2-1-3-5-11/h1-7,10H,8H2. The van der Waals surface area contributed by atoms with E-state index in [4.69, 9.17) is 5.26 Å². The molecular weight excluding hydrogens is 229 g/mol. The van der Waals surface area contributed by atoms with Crippen LogP contribution in [0.2, 0.25) is 0 Å². The van der Waals surface area contributed by atoms with Crippen LogP contribution in [0.1, 0.15) is 27.0 Å². The summed E-state index contributed by atoms with van der Waals surface area (Å²) < 4.78 is 13.8. The molecule has 0 amide bonds. The second-order valence-electron chi connectivity index (χ2n) is 3.88. The predicted octanol–water partition coefficient (Wildman–Crippen LogP) is 3.10. The maximum atomic E-state index is 13.8. The maximum absolute atomic E-state index is 13.8. The second-order valence-corrected chi connectivity index (χ2v) is 3.88. The Bertz CT molecular complexity index is 614. The molecule has 0 heterocycles. The van der Waals surface area contributed by atoms with Crippen LogP contribution in [0.4, 0.5) is 4.39 Å². The molecule has 2 aromatic rings. The lowest BCUT2D eigenvalue weighted by atomic mass is 9.96. The van der Waals surface area contributed by atoms with Crippen molar-refractivity contribution in [3.05, 3.63) is 70.5 Å². The van der Waals surface area contributed by atoms with Crippen molar-refractivity contribution in [3.63, 3.8) is 0 Å². The third-order valence-corrected chi connectivity index (χ3v) is 2.75. The van der Waals surface area contributed by atoms with E-state index in [1.54, 1.807) is 0 Å². The smallest absolute Gasteiger partial charge is 0.151 e.